The Morgan fingerprint density at radius 3 is 2.54 bits per heavy atom. The highest BCUT2D eigenvalue weighted by Gasteiger charge is 2.54. The minimum Gasteiger partial charge on any atom is -0.271 e. The van der Waals surface area contributed by atoms with Gasteiger partial charge in [0.1, 0.15) is 0 Å². The summed E-state index contributed by atoms with van der Waals surface area (Å²) in [7, 11) is 0. The largest absolute Gasteiger partial charge is 0.271 e. The fraction of sp³-hybridized carbons (Fsp3) is 0.222. The van der Waals surface area contributed by atoms with Gasteiger partial charge in [-0.05, 0) is 24.6 Å². The predicted octanol–water partition coefficient (Wildman–Crippen LogP) is 2.49. The van der Waals surface area contributed by atoms with Gasteiger partial charge in [0.2, 0.25) is 0 Å². The maximum absolute atomic E-state index is 12.8. The van der Waals surface area contributed by atoms with Crippen LogP contribution in [0, 0.1) is 6.92 Å². The summed E-state index contributed by atoms with van der Waals surface area (Å²) < 4.78 is 0. The lowest BCUT2D eigenvalue weighted by Crippen LogP contribution is -2.39. The van der Waals surface area contributed by atoms with Crippen molar-refractivity contribution in [3.8, 4) is 0 Å². The molecule has 0 aliphatic carbocycles. The SMILES string of the molecule is Cc1cccc(CN2N=N[C@@H]3C(=O)N(c4ccccc4)C(=O)[C@@H]32)c1. The smallest absolute Gasteiger partial charge is 0.263 e. The van der Waals surface area contributed by atoms with Gasteiger partial charge in [-0.25, -0.2) is 4.90 Å². The van der Waals surface area contributed by atoms with Gasteiger partial charge >= 0.3 is 0 Å². The molecule has 2 aliphatic rings. The molecule has 0 unspecified atom stereocenters. The maximum atomic E-state index is 12.8. The molecule has 0 bridgehead atoms. The topological polar surface area (TPSA) is 65.3 Å². The van der Waals surface area contributed by atoms with Crippen LogP contribution >= 0.6 is 0 Å². The van der Waals surface area contributed by atoms with E-state index in [-0.39, 0.29) is 11.8 Å². The Hall–Kier alpha value is -3.02. The van der Waals surface area contributed by atoms with E-state index in [1.807, 2.05) is 37.3 Å². The number of hydrogen-bond donors (Lipinski definition) is 0. The number of aryl methyl sites for hydroxylation is 1. The van der Waals surface area contributed by atoms with Gasteiger partial charge in [0.25, 0.3) is 11.8 Å². The third kappa shape index (κ3) is 2.27. The molecule has 0 spiro atoms. The fourth-order valence-corrected chi connectivity index (χ4v) is 3.18. The quantitative estimate of drug-likeness (QED) is 0.816. The molecular formula is C18H16N4O2. The van der Waals surface area contributed by atoms with E-state index in [1.54, 1.807) is 29.3 Å². The number of carbonyl (C=O) groups excluding carboxylic acids is 2. The first-order valence-electron chi connectivity index (χ1n) is 7.81. The van der Waals surface area contributed by atoms with Gasteiger partial charge in [-0.2, -0.15) is 5.11 Å². The van der Waals surface area contributed by atoms with Crippen LogP contribution in [0.3, 0.4) is 0 Å². The molecule has 2 aromatic carbocycles. The molecule has 0 saturated carbocycles. The van der Waals surface area contributed by atoms with E-state index in [0.29, 0.717) is 12.2 Å². The van der Waals surface area contributed by atoms with Crippen molar-refractivity contribution in [2.45, 2.75) is 25.6 Å². The van der Waals surface area contributed by atoms with Crippen molar-refractivity contribution in [2.75, 3.05) is 4.90 Å². The number of anilines is 1. The van der Waals surface area contributed by atoms with Crippen LogP contribution < -0.4 is 4.90 Å². The van der Waals surface area contributed by atoms with Crippen molar-refractivity contribution >= 4 is 17.5 Å². The van der Waals surface area contributed by atoms with Gasteiger partial charge in [0.15, 0.2) is 12.1 Å². The van der Waals surface area contributed by atoms with Crippen molar-refractivity contribution < 1.29 is 9.59 Å². The number of para-hydroxylation sites is 1. The summed E-state index contributed by atoms with van der Waals surface area (Å²) in [6.45, 7) is 2.47. The number of benzene rings is 2. The summed E-state index contributed by atoms with van der Waals surface area (Å²) in [5, 5.41) is 9.72. The molecule has 24 heavy (non-hydrogen) atoms. The van der Waals surface area contributed by atoms with Crippen LogP contribution in [0.2, 0.25) is 0 Å². The molecule has 0 aromatic heterocycles. The van der Waals surface area contributed by atoms with Crippen LogP contribution in [-0.2, 0) is 16.1 Å². The molecule has 2 amide bonds. The van der Waals surface area contributed by atoms with E-state index in [0.717, 1.165) is 11.1 Å². The highest BCUT2D eigenvalue weighted by molar-refractivity contribution is 6.25. The summed E-state index contributed by atoms with van der Waals surface area (Å²) in [4.78, 5) is 26.6. The first kappa shape index (κ1) is 14.6. The Bertz CT molecular complexity index is 834. The molecule has 2 atom stereocenters. The second kappa shape index (κ2) is 5.56. The predicted molar refractivity (Wildman–Crippen MR) is 88.1 cm³/mol. The van der Waals surface area contributed by atoms with Crippen LogP contribution in [0.1, 0.15) is 11.1 Å². The fourth-order valence-electron chi connectivity index (χ4n) is 3.18. The zero-order valence-corrected chi connectivity index (χ0v) is 13.2. The molecule has 6 nitrogen and oxygen atoms in total. The van der Waals surface area contributed by atoms with E-state index < -0.39 is 12.1 Å². The Morgan fingerprint density at radius 2 is 1.79 bits per heavy atom. The zero-order chi connectivity index (χ0) is 16.7. The Balaban J connectivity index is 1.61. The minimum absolute atomic E-state index is 0.270. The van der Waals surface area contributed by atoms with Crippen molar-refractivity contribution in [1.29, 1.82) is 0 Å². The zero-order valence-electron chi connectivity index (χ0n) is 13.2. The summed E-state index contributed by atoms with van der Waals surface area (Å²) in [6, 6.07) is 15.5. The summed E-state index contributed by atoms with van der Waals surface area (Å²) >= 11 is 0. The average molecular weight is 320 g/mol. The summed E-state index contributed by atoms with van der Waals surface area (Å²) in [6.07, 6.45) is 0. The van der Waals surface area contributed by atoms with E-state index in [4.69, 9.17) is 0 Å². The molecule has 2 aliphatic heterocycles. The Kier molecular flexibility index (Phi) is 3.37. The van der Waals surface area contributed by atoms with Crippen molar-refractivity contribution in [3.63, 3.8) is 0 Å². The van der Waals surface area contributed by atoms with Crippen LogP contribution in [0.15, 0.2) is 64.9 Å². The van der Waals surface area contributed by atoms with Gasteiger partial charge < -0.3 is 0 Å². The standard InChI is InChI=1S/C18H16N4O2/c1-12-6-5-7-13(10-12)11-21-16-15(19-20-21)17(23)22(18(16)24)14-8-3-2-4-9-14/h2-10,15-16H,11H2,1H3/t15-,16+/m0/s1. The first-order valence-corrected chi connectivity index (χ1v) is 7.81. The lowest BCUT2D eigenvalue weighted by Gasteiger charge is -2.20. The first-order chi connectivity index (χ1) is 11.6. The number of imide groups is 1. The molecule has 2 aromatic rings. The molecule has 1 saturated heterocycles. The molecule has 4 rings (SSSR count). The molecular weight excluding hydrogens is 304 g/mol. The third-order valence-electron chi connectivity index (χ3n) is 4.30. The molecule has 6 heteroatoms. The molecule has 0 N–H and O–H groups in total. The average Bonchev–Trinajstić information content (AvgIpc) is 3.09. The molecule has 120 valence electrons. The summed E-state index contributed by atoms with van der Waals surface area (Å²) in [5.74, 6) is -0.583. The van der Waals surface area contributed by atoms with E-state index in [9.17, 15) is 9.59 Å². The van der Waals surface area contributed by atoms with Crippen LogP contribution in [0.25, 0.3) is 0 Å². The van der Waals surface area contributed by atoms with E-state index >= 15 is 0 Å². The lowest BCUT2D eigenvalue weighted by molar-refractivity contribution is -0.123. The Labute approximate surface area is 139 Å². The number of fused-ring (bicyclic) bond motifs is 1. The van der Waals surface area contributed by atoms with Gasteiger partial charge in [-0.3, -0.25) is 14.6 Å². The minimum atomic E-state index is -0.748. The van der Waals surface area contributed by atoms with Gasteiger partial charge in [-0.15, -0.1) is 0 Å². The van der Waals surface area contributed by atoms with Gasteiger partial charge in [0.05, 0.1) is 12.2 Å². The van der Waals surface area contributed by atoms with Gasteiger partial charge in [0, 0.05) is 0 Å². The number of hydrogen-bond acceptors (Lipinski definition) is 5. The molecule has 2 heterocycles. The Morgan fingerprint density at radius 1 is 1.00 bits per heavy atom. The van der Waals surface area contributed by atoms with Crippen molar-refractivity contribution in [3.05, 3.63) is 65.7 Å². The number of nitrogens with zero attached hydrogens (tertiary/aromatic N) is 4. The number of rotatable bonds is 3. The van der Waals surface area contributed by atoms with Crippen molar-refractivity contribution in [1.82, 2.24) is 5.01 Å². The third-order valence-corrected chi connectivity index (χ3v) is 4.30. The highest BCUT2D eigenvalue weighted by Crippen LogP contribution is 2.32. The monoisotopic (exact) mass is 320 g/mol. The molecule has 0 radical (unpaired) electrons. The second-order valence-electron chi connectivity index (χ2n) is 6.03. The lowest BCUT2D eigenvalue weighted by atomic mass is 10.1. The highest BCUT2D eigenvalue weighted by atomic mass is 16.2. The molecule has 1 fully saturated rings. The van der Waals surface area contributed by atoms with Crippen LogP contribution in [0.4, 0.5) is 5.69 Å². The van der Waals surface area contributed by atoms with Crippen LogP contribution in [0.5, 0.6) is 0 Å². The van der Waals surface area contributed by atoms with Gasteiger partial charge in [-0.1, -0.05) is 53.3 Å². The number of amides is 2. The maximum Gasteiger partial charge on any atom is 0.263 e. The summed E-state index contributed by atoms with van der Waals surface area (Å²) in [5.41, 5.74) is 2.75. The van der Waals surface area contributed by atoms with Crippen molar-refractivity contribution in [2.24, 2.45) is 10.3 Å². The van der Waals surface area contributed by atoms with Crippen LogP contribution in [-0.4, -0.2) is 28.9 Å². The normalized spacial score (nSPS) is 22.4. The second-order valence-corrected chi connectivity index (χ2v) is 6.03. The van der Waals surface area contributed by atoms with E-state index in [1.165, 1.54) is 4.90 Å². The van der Waals surface area contributed by atoms with E-state index in [2.05, 4.69) is 10.3 Å². The number of carbonyl (C=O) groups is 2.